The number of rotatable bonds is 7. The van der Waals surface area contributed by atoms with Gasteiger partial charge in [0.15, 0.2) is 0 Å². The molecule has 1 aliphatic rings. The fourth-order valence-corrected chi connectivity index (χ4v) is 4.54. The van der Waals surface area contributed by atoms with Gasteiger partial charge in [-0.05, 0) is 71.5 Å². The van der Waals surface area contributed by atoms with Crippen LogP contribution in [0.25, 0.3) is 5.76 Å². The third-order valence-corrected chi connectivity index (χ3v) is 6.70. The summed E-state index contributed by atoms with van der Waals surface area (Å²) in [4.78, 5) is 40.2. The molecule has 202 valence electrons. The minimum Gasteiger partial charge on any atom is -0.507 e. The third-order valence-electron chi connectivity index (χ3n) is 6.70. The van der Waals surface area contributed by atoms with Crippen LogP contribution in [-0.2, 0) is 19.7 Å². The first-order valence-electron chi connectivity index (χ1n) is 12.9. The number of hydrogen-bond acceptors (Lipinski definition) is 6. The summed E-state index contributed by atoms with van der Waals surface area (Å²) in [7, 11) is 1.29. The number of amides is 1. The van der Waals surface area contributed by atoms with E-state index in [1.165, 1.54) is 24.1 Å². The van der Waals surface area contributed by atoms with Gasteiger partial charge in [-0.15, -0.1) is 0 Å². The largest absolute Gasteiger partial charge is 0.507 e. The summed E-state index contributed by atoms with van der Waals surface area (Å²) in [6.07, 6.45) is 0.861. The molecule has 0 radical (unpaired) electrons. The van der Waals surface area contributed by atoms with E-state index in [4.69, 9.17) is 9.47 Å². The zero-order valence-electron chi connectivity index (χ0n) is 22.9. The SMILES string of the molecule is CCCOc1ccc(/C(O)=C2\C(=O)C(=O)N(c3ccc(C(=O)OC)cc3)C2c2ccc(C(C)(C)C)cc2)cc1. The normalized spacial score (nSPS) is 16.8. The number of carbonyl (C=O) groups excluding carboxylic acids is 3. The van der Waals surface area contributed by atoms with Gasteiger partial charge in [0.25, 0.3) is 11.7 Å². The van der Waals surface area contributed by atoms with Gasteiger partial charge in [0.1, 0.15) is 11.5 Å². The van der Waals surface area contributed by atoms with Crippen LogP contribution < -0.4 is 9.64 Å². The van der Waals surface area contributed by atoms with Gasteiger partial charge in [0, 0.05) is 11.3 Å². The lowest BCUT2D eigenvalue weighted by Gasteiger charge is -2.26. The summed E-state index contributed by atoms with van der Waals surface area (Å²) in [5, 5.41) is 11.4. The number of Topliss-reactive ketones (excluding diaryl/α,β-unsaturated/α-hetero) is 1. The molecule has 1 amide bonds. The monoisotopic (exact) mass is 527 g/mol. The van der Waals surface area contributed by atoms with Crippen LogP contribution in [0, 0.1) is 0 Å². The summed E-state index contributed by atoms with van der Waals surface area (Å²) in [5.74, 6) is -1.69. The summed E-state index contributed by atoms with van der Waals surface area (Å²) in [6, 6.07) is 19.8. The molecule has 1 N–H and O–H groups in total. The molecule has 3 aromatic rings. The molecule has 1 fully saturated rings. The molecule has 1 saturated heterocycles. The van der Waals surface area contributed by atoms with Gasteiger partial charge in [0.2, 0.25) is 0 Å². The Morgan fingerprint density at radius 3 is 2.03 bits per heavy atom. The molecule has 0 spiro atoms. The van der Waals surface area contributed by atoms with Crippen LogP contribution in [-0.4, -0.2) is 36.5 Å². The Balaban J connectivity index is 1.84. The van der Waals surface area contributed by atoms with E-state index in [0.29, 0.717) is 34.7 Å². The van der Waals surface area contributed by atoms with Crippen molar-refractivity contribution < 1.29 is 29.0 Å². The number of ketones is 1. The van der Waals surface area contributed by atoms with E-state index in [1.807, 2.05) is 31.2 Å². The first-order chi connectivity index (χ1) is 18.6. The van der Waals surface area contributed by atoms with Crippen molar-refractivity contribution in [2.75, 3.05) is 18.6 Å². The first kappa shape index (κ1) is 27.6. The van der Waals surface area contributed by atoms with Crippen molar-refractivity contribution in [1.82, 2.24) is 0 Å². The van der Waals surface area contributed by atoms with Gasteiger partial charge in [-0.25, -0.2) is 4.79 Å². The minimum atomic E-state index is -0.876. The van der Waals surface area contributed by atoms with Crippen molar-refractivity contribution in [1.29, 1.82) is 0 Å². The van der Waals surface area contributed by atoms with Crippen LogP contribution in [0.5, 0.6) is 5.75 Å². The number of nitrogens with zero attached hydrogens (tertiary/aromatic N) is 1. The topological polar surface area (TPSA) is 93.1 Å². The fourth-order valence-electron chi connectivity index (χ4n) is 4.54. The number of hydrogen-bond donors (Lipinski definition) is 1. The molecule has 1 atom stereocenters. The zero-order valence-corrected chi connectivity index (χ0v) is 22.9. The van der Waals surface area contributed by atoms with Crippen LogP contribution in [0.1, 0.15) is 67.2 Å². The van der Waals surface area contributed by atoms with Crippen molar-refractivity contribution in [2.24, 2.45) is 0 Å². The number of aliphatic hydroxyl groups excluding tert-OH is 1. The Bertz CT molecular complexity index is 1400. The third kappa shape index (κ3) is 5.58. The molecule has 4 rings (SSSR count). The second-order valence-corrected chi connectivity index (χ2v) is 10.5. The molecule has 0 saturated carbocycles. The molecule has 7 nitrogen and oxygen atoms in total. The number of ether oxygens (including phenoxy) is 2. The van der Waals surface area contributed by atoms with Crippen molar-refractivity contribution in [3.63, 3.8) is 0 Å². The predicted octanol–water partition coefficient (Wildman–Crippen LogP) is 6.19. The standard InChI is InChI=1S/C32H33NO6/c1-6-19-39-25-17-11-21(12-18-25)28(34)26-27(20-7-13-23(14-8-20)32(2,3)4)33(30(36)29(26)35)24-15-9-22(10-16-24)31(37)38-5/h7-18,27,34H,6,19H2,1-5H3/b28-26+. The highest BCUT2D eigenvalue weighted by atomic mass is 16.5. The van der Waals surface area contributed by atoms with Crippen LogP contribution in [0.15, 0.2) is 78.4 Å². The van der Waals surface area contributed by atoms with Gasteiger partial charge in [-0.1, -0.05) is 52.0 Å². The molecule has 1 aliphatic heterocycles. The van der Waals surface area contributed by atoms with E-state index in [0.717, 1.165) is 12.0 Å². The van der Waals surface area contributed by atoms with Crippen molar-refractivity contribution >= 4 is 29.1 Å². The average molecular weight is 528 g/mol. The molecular formula is C32H33NO6. The molecule has 7 heteroatoms. The first-order valence-corrected chi connectivity index (χ1v) is 12.9. The molecule has 0 bridgehead atoms. The van der Waals surface area contributed by atoms with E-state index in [2.05, 4.69) is 20.8 Å². The molecule has 1 heterocycles. The highest BCUT2D eigenvalue weighted by Crippen LogP contribution is 2.42. The number of esters is 1. The maximum Gasteiger partial charge on any atom is 0.337 e. The summed E-state index contributed by atoms with van der Waals surface area (Å²) in [5.41, 5.74) is 2.78. The highest BCUT2D eigenvalue weighted by Gasteiger charge is 2.47. The Morgan fingerprint density at radius 1 is 0.897 bits per heavy atom. The van der Waals surface area contributed by atoms with E-state index >= 15 is 0 Å². The van der Waals surface area contributed by atoms with Crippen LogP contribution in [0.3, 0.4) is 0 Å². The van der Waals surface area contributed by atoms with E-state index in [1.54, 1.807) is 36.4 Å². The number of methoxy groups -OCH3 is 1. The lowest BCUT2D eigenvalue weighted by Crippen LogP contribution is -2.29. The fraction of sp³-hybridized carbons (Fsp3) is 0.281. The second kappa shape index (κ2) is 11.2. The van der Waals surface area contributed by atoms with Crippen LogP contribution in [0.2, 0.25) is 0 Å². The van der Waals surface area contributed by atoms with E-state index in [9.17, 15) is 19.5 Å². The molecule has 0 aromatic heterocycles. The van der Waals surface area contributed by atoms with Crippen LogP contribution >= 0.6 is 0 Å². The number of carbonyl (C=O) groups is 3. The molecule has 0 aliphatic carbocycles. The van der Waals surface area contributed by atoms with Gasteiger partial charge in [0.05, 0.1) is 30.9 Å². The lowest BCUT2D eigenvalue weighted by molar-refractivity contribution is -0.132. The summed E-state index contributed by atoms with van der Waals surface area (Å²) >= 11 is 0. The van der Waals surface area contributed by atoms with Crippen molar-refractivity contribution in [3.05, 3.63) is 101 Å². The molecular weight excluding hydrogens is 494 g/mol. The van der Waals surface area contributed by atoms with Gasteiger partial charge in [-0.2, -0.15) is 0 Å². The predicted molar refractivity (Wildman–Crippen MR) is 150 cm³/mol. The molecule has 39 heavy (non-hydrogen) atoms. The van der Waals surface area contributed by atoms with Crippen LogP contribution in [0.4, 0.5) is 5.69 Å². The Labute approximate surface area is 228 Å². The molecule has 1 unspecified atom stereocenters. The quantitative estimate of drug-likeness (QED) is 0.171. The second-order valence-electron chi connectivity index (χ2n) is 10.5. The van der Waals surface area contributed by atoms with E-state index < -0.39 is 23.7 Å². The average Bonchev–Trinajstić information content (AvgIpc) is 3.21. The number of anilines is 1. The smallest absolute Gasteiger partial charge is 0.337 e. The van der Waals surface area contributed by atoms with Gasteiger partial charge >= 0.3 is 5.97 Å². The summed E-state index contributed by atoms with van der Waals surface area (Å²) in [6.45, 7) is 8.88. The lowest BCUT2D eigenvalue weighted by atomic mass is 9.85. The Hall–Kier alpha value is -4.39. The van der Waals surface area contributed by atoms with Gasteiger partial charge in [-0.3, -0.25) is 14.5 Å². The van der Waals surface area contributed by atoms with Crippen molar-refractivity contribution in [2.45, 2.75) is 45.6 Å². The minimum absolute atomic E-state index is 0.0113. The molecule has 3 aromatic carbocycles. The zero-order chi connectivity index (χ0) is 28.3. The van der Waals surface area contributed by atoms with Gasteiger partial charge < -0.3 is 14.6 Å². The summed E-state index contributed by atoms with van der Waals surface area (Å²) < 4.78 is 10.4. The number of benzene rings is 3. The highest BCUT2D eigenvalue weighted by molar-refractivity contribution is 6.51. The van der Waals surface area contributed by atoms with E-state index in [-0.39, 0.29) is 16.7 Å². The maximum absolute atomic E-state index is 13.4. The number of aliphatic hydroxyl groups is 1. The Morgan fingerprint density at radius 2 is 1.49 bits per heavy atom. The maximum atomic E-state index is 13.4. The van der Waals surface area contributed by atoms with Crippen molar-refractivity contribution in [3.8, 4) is 5.75 Å². The Kier molecular flexibility index (Phi) is 7.90.